The fourth-order valence-corrected chi connectivity index (χ4v) is 2.93. The van der Waals surface area contributed by atoms with Crippen molar-refractivity contribution in [2.24, 2.45) is 0 Å². The molecule has 6 heteroatoms. The molecule has 1 aromatic carbocycles. The second-order valence-corrected chi connectivity index (χ2v) is 6.18. The first kappa shape index (κ1) is 14.0. The third-order valence-corrected chi connectivity index (χ3v) is 4.25. The molecule has 0 saturated heterocycles. The van der Waals surface area contributed by atoms with Gasteiger partial charge in [-0.1, -0.05) is 18.2 Å². The monoisotopic (exact) mass is 360 g/mol. The van der Waals surface area contributed by atoms with E-state index in [1.54, 1.807) is 12.3 Å². The second-order valence-electron chi connectivity index (χ2n) is 4.26. The smallest absolute Gasteiger partial charge is 0.338 e. The fraction of sp³-hybridized carbons (Fsp3) is 0. The standard InChI is InChI=1S/C15H9BrN2O2S/c16-10-5-6-13(17-8-10)21-14-11(15(19)20)7-9-3-1-2-4-12(9)18-14/h1-8H,(H,19,20). The number of carboxylic acid groups (broad SMARTS) is 1. The van der Waals surface area contributed by atoms with Gasteiger partial charge in [-0.25, -0.2) is 14.8 Å². The number of aromatic carboxylic acids is 1. The van der Waals surface area contributed by atoms with Crippen LogP contribution in [0.15, 0.2) is 63.2 Å². The third kappa shape index (κ3) is 3.06. The van der Waals surface area contributed by atoms with Crippen LogP contribution in [0.5, 0.6) is 0 Å². The van der Waals surface area contributed by atoms with E-state index in [0.717, 1.165) is 15.4 Å². The van der Waals surface area contributed by atoms with Gasteiger partial charge in [0.1, 0.15) is 10.1 Å². The highest BCUT2D eigenvalue weighted by Gasteiger charge is 2.15. The van der Waals surface area contributed by atoms with Gasteiger partial charge in [-0.2, -0.15) is 0 Å². The first-order chi connectivity index (χ1) is 10.1. The summed E-state index contributed by atoms with van der Waals surface area (Å²) < 4.78 is 0.872. The lowest BCUT2D eigenvalue weighted by molar-refractivity contribution is 0.0692. The van der Waals surface area contributed by atoms with E-state index in [2.05, 4.69) is 25.9 Å². The minimum atomic E-state index is -0.993. The Morgan fingerprint density at radius 1 is 1.19 bits per heavy atom. The van der Waals surface area contributed by atoms with Crippen LogP contribution in [0.25, 0.3) is 10.9 Å². The van der Waals surface area contributed by atoms with Crippen molar-refractivity contribution in [3.8, 4) is 0 Å². The molecule has 0 unspecified atom stereocenters. The van der Waals surface area contributed by atoms with E-state index in [-0.39, 0.29) is 5.56 Å². The van der Waals surface area contributed by atoms with E-state index in [0.29, 0.717) is 10.1 Å². The predicted molar refractivity (Wildman–Crippen MR) is 84.8 cm³/mol. The van der Waals surface area contributed by atoms with Gasteiger partial charge in [0.05, 0.1) is 11.1 Å². The molecule has 0 saturated carbocycles. The molecule has 3 rings (SSSR count). The van der Waals surface area contributed by atoms with Gasteiger partial charge < -0.3 is 5.11 Å². The zero-order valence-corrected chi connectivity index (χ0v) is 13.1. The average molecular weight is 361 g/mol. The maximum absolute atomic E-state index is 11.4. The molecular weight excluding hydrogens is 352 g/mol. The summed E-state index contributed by atoms with van der Waals surface area (Å²) in [5, 5.41) is 11.3. The normalized spacial score (nSPS) is 10.7. The first-order valence-corrected chi connectivity index (χ1v) is 7.67. The maximum Gasteiger partial charge on any atom is 0.338 e. The molecule has 21 heavy (non-hydrogen) atoms. The van der Waals surface area contributed by atoms with Gasteiger partial charge in [-0.15, -0.1) is 0 Å². The number of hydrogen-bond donors (Lipinski definition) is 1. The van der Waals surface area contributed by atoms with Crippen LogP contribution < -0.4 is 0 Å². The largest absolute Gasteiger partial charge is 0.478 e. The van der Waals surface area contributed by atoms with E-state index >= 15 is 0 Å². The van der Waals surface area contributed by atoms with Crippen LogP contribution in [0.1, 0.15) is 10.4 Å². The summed E-state index contributed by atoms with van der Waals surface area (Å²) in [6, 6.07) is 12.8. The summed E-state index contributed by atoms with van der Waals surface area (Å²) in [7, 11) is 0. The minimum absolute atomic E-state index is 0.184. The van der Waals surface area contributed by atoms with Gasteiger partial charge in [0.15, 0.2) is 0 Å². The van der Waals surface area contributed by atoms with Crippen LogP contribution in [0.3, 0.4) is 0 Å². The Morgan fingerprint density at radius 2 is 2.00 bits per heavy atom. The van der Waals surface area contributed by atoms with Gasteiger partial charge in [0.25, 0.3) is 0 Å². The molecule has 104 valence electrons. The van der Waals surface area contributed by atoms with Crippen molar-refractivity contribution < 1.29 is 9.90 Å². The molecule has 0 fully saturated rings. The lowest BCUT2D eigenvalue weighted by atomic mass is 10.1. The van der Waals surface area contributed by atoms with Crippen molar-refractivity contribution in [1.82, 2.24) is 9.97 Å². The van der Waals surface area contributed by atoms with Gasteiger partial charge in [0, 0.05) is 16.1 Å². The number of hydrogen-bond acceptors (Lipinski definition) is 4. The van der Waals surface area contributed by atoms with E-state index < -0.39 is 5.97 Å². The number of halogens is 1. The average Bonchev–Trinajstić information content (AvgIpc) is 2.48. The Kier molecular flexibility index (Phi) is 3.90. The van der Waals surface area contributed by atoms with E-state index in [1.807, 2.05) is 36.4 Å². The van der Waals surface area contributed by atoms with E-state index in [9.17, 15) is 9.90 Å². The summed E-state index contributed by atoms with van der Waals surface area (Å²) in [6.45, 7) is 0. The Labute approximate surface area is 133 Å². The van der Waals surface area contributed by atoms with Gasteiger partial charge in [0.2, 0.25) is 0 Å². The molecule has 0 amide bonds. The molecule has 0 aliphatic heterocycles. The molecule has 1 N–H and O–H groups in total. The van der Waals surface area contributed by atoms with Crippen LogP contribution in [-0.4, -0.2) is 21.0 Å². The molecule has 0 spiro atoms. The Bertz CT molecular complexity index is 822. The number of carboxylic acids is 1. The number of nitrogens with zero attached hydrogens (tertiary/aromatic N) is 2. The second kappa shape index (κ2) is 5.83. The summed E-state index contributed by atoms with van der Waals surface area (Å²) >= 11 is 4.56. The van der Waals surface area contributed by atoms with Crippen molar-refractivity contribution in [3.05, 3.63) is 58.7 Å². The highest BCUT2D eigenvalue weighted by molar-refractivity contribution is 9.10. The van der Waals surface area contributed by atoms with Crippen molar-refractivity contribution in [2.45, 2.75) is 10.1 Å². The predicted octanol–water partition coefficient (Wildman–Crippen LogP) is 4.24. The Morgan fingerprint density at radius 3 is 2.71 bits per heavy atom. The summed E-state index contributed by atoms with van der Waals surface area (Å²) in [5.74, 6) is -0.993. The summed E-state index contributed by atoms with van der Waals surface area (Å²) in [6.07, 6.45) is 1.67. The summed E-state index contributed by atoms with van der Waals surface area (Å²) in [4.78, 5) is 20.1. The molecule has 0 aliphatic rings. The highest BCUT2D eigenvalue weighted by Crippen LogP contribution is 2.30. The first-order valence-electron chi connectivity index (χ1n) is 6.06. The van der Waals surface area contributed by atoms with Crippen LogP contribution in [-0.2, 0) is 0 Å². The van der Waals surface area contributed by atoms with Crippen molar-refractivity contribution in [2.75, 3.05) is 0 Å². The molecule has 0 radical (unpaired) electrons. The number of rotatable bonds is 3. The SMILES string of the molecule is O=C(O)c1cc2ccccc2nc1Sc1ccc(Br)cn1. The number of carbonyl (C=O) groups is 1. The van der Waals surface area contributed by atoms with Gasteiger partial charge >= 0.3 is 5.97 Å². The summed E-state index contributed by atoms with van der Waals surface area (Å²) in [5.41, 5.74) is 0.950. The van der Waals surface area contributed by atoms with E-state index in [1.165, 1.54) is 11.8 Å². The molecule has 4 nitrogen and oxygen atoms in total. The maximum atomic E-state index is 11.4. The molecule has 2 heterocycles. The molecule has 3 aromatic rings. The molecule has 0 bridgehead atoms. The Balaban J connectivity index is 2.09. The van der Waals surface area contributed by atoms with Gasteiger partial charge in [-0.05, 0) is 52.0 Å². The van der Waals surface area contributed by atoms with Crippen molar-refractivity contribution in [3.63, 3.8) is 0 Å². The molecule has 0 aliphatic carbocycles. The lowest BCUT2D eigenvalue weighted by Crippen LogP contribution is -2.01. The van der Waals surface area contributed by atoms with Crippen LogP contribution >= 0.6 is 27.7 Å². The number of para-hydroxylation sites is 1. The molecular formula is C15H9BrN2O2S. The topological polar surface area (TPSA) is 63.1 Å². The molecule has 2 aromatic heterocycles. The zero-order valence-electron chi connectivity index (χ0n) is 10.7. The highest BCUT2D eigenvalue weighted by atomic mass is 79.9. The Hall–Kier alpha value is -1.92. The lowest BCUT2D eigenvalue weighted by Gasteiger charge is -2.07. The van der Waals surface area contributed by atoms with Crippen LogP contribution in [0.2, 0.25) is 0 Å². The van der Waals surface area contributed by atoms with Crippen molar-refractivity contribution >= 4 is 44.6 Å². The quantitative estimate of drug-likeness (QED) is 0.756. The number of aromatic nitrogens is 2. The number of fused-ring (bicyclic) bond motifs is 1. The number of pyridine rings is 2. The fourth-order valence-electron chi connectivity index (χ4n) is 1.85. The zero-order chi connectivity index (χ0) is 14.8. The van der Waals surface area contributed by atoms with Crippen molar-refractivity contribution in [1.29, 1.82) is 0 Å². The molecule has 0 atom stereocenters. The third-order valence-electron chi connectivity index (χ3n) is 2.82. The minimum Gasteiger partial charge on any atom is -0.478 e. The van der Waals surface area contributed by atoms with E-state index in [4.69, 9.17) is 0 Å². The van der Waals surface area contributed by atoms with Crippen LogP contribution in [0.4, 0.5) is 0 Å². The van der Waals surface area contributed by atoms with Gasteiger partial charge in [-0.3, -0.25) is 0 Å². The van der Waals surface area contributed by atoms with Crippen LogP contribution in [0, 0.1) is 0 Å². The number of benzene rings is 1.